The van der Waals surface area contributed by atoms with E-state index in [2.05, 4.69) is 29.4 Å². The van der Waals surface area contributed by atoms with E-state index in [4.69, 9.17) is 15.9 Å². The molecule has 8 heteroatoms. The van der Waals surface area contributed by atoms with E-state index in [0.717, 1.165) is 51.5 Å². The van der Waals surface area contributed by atoms with E-state index in [1.807, 2.05) is 55.0 Å². The molecule has 1 fully saturated rings. The lowest BCUT2D eigenvalue weighted by molar-refractivity contribution is 0.253. The number of hydrogen-bond donors (Lipinski definition) is 2. The van der Waals surface area contributed by atoms with Crippen LogP contribution in [0, 0.1) is 0 Å². The van der Waals surface area contributed by atoms with Crippen molar-refractivity contribution in [3.05, 3.63) is 84.8 Å². The minimum absolute atomic E-state index is 0. The van der Waals surface area contributed by atoms with E-state index < -0.39 is 11.0 Å². The Morgan fingerprint density at radius 2 is 1.62 bits per heavy atom. The molecule has 0 amide bonds. The van der Waals surface area contributed by atoms with Crippen LogP contribution in [-0.4, -0.2) is 20.1 Å². The molecule has 2 aromatic heterocycles. The van der Waals surface area contributed by atoms with Crippen LogP contribution in [0.1, 0.15) is 24.8 Å². The molecular formula is C26H25N5O2S. The second-order valence-corrected chi connectivity index (χ2v) is 9.89. The van der Waals surface area contributed by atoms with Gasteiger partial charge in [-0.05, 0) is 59.5 Å². The molecule has 1 aliphatic carbocycles. The van der Waals surface area contributed by atoms with Gasteiger partial charge in [0.1, 0.15) is 0 Å². The first-order valence-electron chi connectivity index (χ1n) is 11.0. The van der Waals surface area contributed by atoms with E-state index in [1.165, 1.54) is 12.0 Å². The highest BCUT2D eigenvalue weighted by molar-refractivity contribution is 7.82. The monoisotopic (exact) mass is 471 g/mol. The maximum atomic E-state index is 12.0. The second-order valence-electron chi connectivity index (χ2n) is 8.76. The summed E-state index contributed by atoms with van der Waals surface area (Å²) in [4.78, 5) is 5.40. The minimum atomic E-state index is -1.93. The fraction of sp³-hybridized carbons (Fsp3) is 0.154. The Balaban J connectivity index is 0.00000241. The third-order valence-corrected chi connectivity index (χ3v) is 7.69. The van der Waals surface area contributed by atoms with Crippen molar-refractivity contribution in [3.8, 4) is 22.3 Å². The summed E-state index contributed by atoms with van der Waals surface area (Å²) < 4.78 is 13.8. The van der Waals surface area contributed by atoms with Crippen molar-refractivity contribution in [1.29, 1.82) is 0 Å². The molecular weight excluding hydrogens is 446 g/mol. The molecule has 0 radical (unpaired) electrons. The van der Waals surface area contributed by atoms with E-state index in [-0.39, 0.29) is 11.0 Å². The lowest BCUT2D eigenvalue weighted by Crippen LogP contribution is -2.43. The van der Waals surface area contributed by atoms with Gasteiger partial charge in [0, 0.05) is 34.4 Å². The van der Waals surface area contributed by atoms with Crippen molar-refractivity contribution >= 4 is 27.4 Å². The van der Waals surface area contributed by atoms with Crippen LogP contribution in [-0.2, 0) is 20.7 Å². The zero-order valence-corrected chi connectivity index (χ0v) is 19.3. The highest BCUT2D eigenvalue weighted by Gasteiger charge is 2.34. The first-order valence-corrected chi connectivity index (χ1v) is 12.3. The SMILES string of the molecule is N[SH+](=O)c1ccc(-c2cnn3cc(-c4ccc(C5(N)CCC5)cc4)cnc23)c2ccccc12.[OH-]. The molecule has 0 spiro atoms. The van der Waals surface area contributed by atoms with Gasteiger partial charge in [0.05, 0.1) is 6.20 Å². The van der Waals surface area contributed by atoms with Gasteiger partial charge < -0.3 is 11.2 Å². The zero-order chi connectivity index (χ0) is 22.6. The van der Waals surface area contributed by atoms with Crippen LogP contribution in [0.15, 0.2) is 84.1 Å². The quantitative estimate of drug-likeness (QED) is 0.298. The van der Waals surface area contributed by atoms with Crippen molar-refractivity contribution in [1.82, 2.24) is 14.6 Å². The molecule has 1 atom stereocenters. The summed E-state index contributed by atoms with van der Waals surface area (Å²) in [5.74, 6) is 0. The Labute approximate surface area is 199 Å². The lowest BCUT2D eigenvalue weighted by atomic mass is 9.72. The Morgan fingerprint density at radius 1 is 0.882 bits per heavy atom. The molecule has 1 aliphatic rings. The number of hydrogen-bond acceptors (Lipinski definition) is 5. The second kappa shape index (κ2) is 8.41. The van der Waals surface area contributed by atoms with Crippen LogP contribution < -0.4 is 10.9 Å². The third kappa shape index (κ3) is 3.52. The highest BCUT2D eigenvalue weighted by Crippen LogP contribution is 2.39. The molecule has 0 bridgehead atoms. The molecule has 1 unspecified atom stereocenters. The maximum absolute atomic E-state index is 12.0. The van der Waals surface area contributed by atoms with Crippen LogP contribution in [0.5, 0.6) is 0 Å². The first kappa shape index (κ1) is 22.4. The largest absolute Gasteiger partial charge is 0.870 e. The number of nitrogens with zero attached hydrogens (tertiary/aromatic N) is 3. The molecule has 5 N–H and O–H groups in total. The van der Waals surface area contributed by atoms with E-state index in [0.29, 0.717) is 4.90 Å². The highest BCUT2D eigenvalue weighted by atomic mass is 32.2. The predicted molar refractivity (Wildman–Crippen MR) is 135 cm³/mol. The van der Waals surface area contributed by atoms with Crippen molar-refractivity contribution in [2.75, 3.05) is 0 Å². The van der Waals surface area contributed by atoms with Gasteiger partial charge in [-0.3, -0.25) is 0 Å². The average molecular weight is 472 g/mol. The maximum Gasteiger partial charge on any atom is 0.182 e. The lowest BCUT2D eigenvalue weighted by Gasteiger charge is -2.38. The number of nitrogens with two attached hydrogens (primary N) is 2. The van der Waals surface area contributed by atoms with Crippen molar-refractivity contribution in [3.63, 3.8) is 0 Å². The number of fused-ring (bicyclic) bond motifs is 2. The summed E-state index contributed by atoms with van der Waals surface area (Å²) in [6.45, 7) is 0. The Kier molecular flexibility index (Phi) is 5.53. The minimum Gasteiger partial charge on any atom is -0.870 e. The van der Waals surface area contributed by atoms with Gasteiger partial charge in [-0.15, -0.1) is 5.14 Å². The molecule has 1 saturated carbocycles. The van der Waals surface area contributed by atoms with Crippen LogP contribution >= 0.6 is 0 Å². The van der Waals surface area contributed by atoms with Crippen molar-refractivity contribution in [2.45, 2.75) is 29.7 Å². The first-order chi connectivity index (χ1) is 16.0. The number of benzene rings is 3. The molecule has 3 aromatic carbocycles. The zero-order valence-electron chi connectivity index (χ0n) is 18.4. The van der Waals surface area contributed by atoms with Crippen LogP contribution in [0.4, 0.5) is 0 Å². The van der Waals surface area contributed by atoms with Gasteiger partial charge in [0.15, 0.2) is 21.5 Å². The van der Waals surface area contributed by atoms with Gasteiger partial charge in [-0.1, -0.05) is 46.7 Å². The Hall–Kier alpha value is -3.43. The predicted octanol–water partition coefficient (Wildman–Crippen LogP) is 4.31. The summed E-state index contributed by atoms with van der Waals surface area (Å²) in [7, 11) is -1.93. The number of thiol groups is 1. The number of aromatic nitrogens is 3. The van der Waals surface area contributed by atoms with Crippen molar-refractivity contribution in [2.24, 2.45) is 10.9 Å². The summed E-state index contributed by atoms with van der Waals surface area (Å²) in [6.07, 6.45) is 9.00. The number of rotatable bonds is 4. The normalized spacial score (nSPS) is 15.6. The summed E-state index contributed by atoms with van der Waals surface area (Å²) in [5.41, 5.74) is 12.2. The average Bonchev–Trinajstić information content (AvgIpc) is 3.25. The van der Waals surface area contributed by atoms with E-state index >= 15 is 0 Å². The van der Waals surface area contributed by atoms with E-state index in [1.54, 1.807) is 4.52 Å². The third-order valence-electron chi connectivity index (χ3n) is 6.82. The van der Waals surface area contributed by atoms with Crippen LogP contribution in [0.2, 0.25) is 0 Å². The summed E-state index contributed by atoms with van der Waals surface area (Å²) in [6, 6.07) is 20.1. The fourth-order valence-corrected chi connectivity index (χ4v) is 5.42. The molecule has 5 aromatic rings. The smallest absolute Gasteiger partial charge is 0.182 e. The molecule has 172 valence electrons. The summed E-state index contributed by atoms with van der Waals surface area (Å²) >= 11 is 0. The molecule has 0 aliphatic heterocycles. The Bertz CT molecular complexity index is 1540. The van der Waals surface area contributed by atoms with Gasteiger partial charge in [-0.2, -0.15) is 5.10 Å². The van der Waals surface area contributed by atoms with Crippen LogP contribution in [0.3, 0.4) is 0 Å². The van der Waals surface area contributed by atoms with Gasteiger partial charge in [0.2, 0.25) is 0 Å². The van der Waals surface area contributed by atoms with Gasteiger partial charge in [0.25, 0.3) is 0 Å². The fourth-order valence-electron chi connectivity index (χ4n) is 4.76. The Morgan fingerprint density at radius 3 is 2.29 bits per heavy atom. The molecule has 34 heavy (non-hydrogen) atoms. The van der Waals surface area contributed by atoms with Crippen LogP contribution in [0.25, 0.3) is 38.7 Å². The summed E-state index contributed by atoms with van der Waals surface area (Å²) in [5, 5.41) is 12.2. The van der Waals surface area contributed by atoms with Gasteiger partial charge >= 0.3 is 0 Å². The van der Waals surface area contributed by atoms with Crippen molar-refractivity contribution < 1.29 is 9.69 Å². The van der Waals surface area contributed by atoms with Gasteiger partial charge in [-0.25, -0.2) is 9.50 Å². The topological polar surface area (TPSA) is 129 Å². The molecule has 6 rings (SSSR count). The molecule has 2 heterocycles. The molecule has 0 saturated heterocycles. The van der Waals surface area contributed by atoms with E-state index in [9.17, 15) is 4.21 Å². The molecule has 7 nitrogen and oxygen atoms in total. The standard InChI is InChI=1S/C26H23N5OS.H2O/c27-26(12-3-13-26)19-8-6-17(7-9-19)18-14-29-25-23(15-30-31(25)16-18)21-10-11-24(33(28)32)22-5-2-1-4-20(21)22;/h1-2,4-11,14-16H,3,12-13,27H2,(H2,28,32);1H2.